The van der Waals surface area contributed by atoms with E-state index in [4.69, 9.17) is 21.1 Å². The van der Waals surface area contributed by atoms with Gasteiger partial charge in [0.05, 0.1) is 23.9 Å². The molecule has 1 aliphatic rings. The number of benzene rings is 3. The number of rotatable bonds is 6. The fourth-order valence-corrected chi connectivity index (χ4v) is 5.44. The van der Waals surface area contributed by atoms with Crippen molar-refractivity contribution in [2.24, 2.45) is 5.10 Å². The lowest BCUT2D eigenvalue weighted by molar-refractivity contribution is -0.136. The number of fused-ring (bicyclic) bond motifs is 1. The average molecular weight is 505 g/mol. The largest absolute Gasteiger partial charge is 0.497 e. The molecule has 3 aromatic carbocycles. The first-order valence-electron chi connectivity index (χ1n) is 11.0. The second-order valence-corrected chi connectivity index (χ2v) is 9.39. The van der Waals surface area contributed by atoms with Gasteiger partial charge in [-0.1, -0.05) is 72.3 Å². The molecule has 35 heavy (non-hydrogen) atoms. The van der Waals surface area contributed by atoms with Gasteiger partial charge >= 0.3 is 5.97 Å². The van der Waals surface area contributed by atoms with Gasteiger partial charge in [-0.15, -0.1) is 11.3 Å². The van der Waals surface area contributed by atoms with Crippen molar-refractivity contribution in [3.8, 4) is 5.75 Å². The van der Waals surface area contributed by atoms with E-state index in [1.165, 1.54) is 16.3 Å². The molecule has 8 heteroatoms. The first-order valence-corrected chi connectivity index (χ1v) is 12.2. The van der Waals surface area contributed by atoms with Crippen molar-refractivity contribution < 1.29 is 19.1 Å². The summed E-state index contributed by atoms with van der Waals surface area (Å²) in [5, 5.41) is 7.15. The standard InChI is InChI=1S/C27H21ClN2O4S/c1-33-19-13-11-18(12-14-19)22-15-21(17-7-3-2-4-8-17)29-30(22)24(31)16-34-27(32)26-25(28)20-9-5-6-10-23(20)35-26/h2-14,22H,15-16H2,1H3. The highest BCUT2D eigenvalue weighted by Gasteiger charge is 2.34. The molecule has 0 spiro atoms. The Hall–Kier alpha value is -3.68. The Labute approximate surface area is 211 Å². The van der Waals surface area contributed by atoms with E-state index < -0.39 is 18.5 Å². The Morgan fingerprint density at radius 2 is 1.74 bits per heavy atom. The molecule has 2 heterocycles. The molecule has 0 saturated carbocycles. The summed E-state index contributed by atoms with van der Waals surface area (Å²) in [4.78, 5) is 26.2. The first kappa shape index (κ1) is 23.1. The third-order valence-corrected chi connectivity index (χ3v) is 7.48. The number of nitrogens with zero attached hydrogens (tertiary/aromatic N) is 2. The van der Waals surface area contributed by atoms with Crippen LogP contribution in [0.3, 0.4) is 0 Å². The SMILES string of the molecule is COc1ccc(C2CC(c3ccccc3)=NN2C(=O)COC(=O)c2sc3ccccc3c2Cl)cc1. The molecule has 0 N–H and O–H groups in total. The lowest BCUT2D eigenvalue weighted by atomic mass is 9.98. The highest BCUT2D eigenvalue weighted by Crippen LogP contribution is 2.36. The van der Waals surface area contributed by atoms with Crippen LogP contribution in [0.5, 0.6) is 5.75 Å². The molecule has 1 aliphatic heterocycles. The van der Waals surface area contributed by atoms with Crippen LogP contribution in [-0.4, -0.2) is 36.3 Å². The molecule has 0 radical (unpaired) electrons. The van der Waals surface area contributed by atoms with E-state index in [1.54, 1.807) is 7.11 Å². The average Bonchev–Trinajstić information content (AvgIpc) is 3.50. The molecular formula is C27H21ClN2O4S. The van der Waals surface area contributed by atoms with Gasteiger partial charge < -0.3 is 9.47 Å². The van der Waals surface area contributed by atoms with E-state index in [0.717, 1.165) is 32.7 Å². The number of hydrazone groups is 1. The molecule has 4 aromatic rings. The molecule has 1 aromatic heterocycles. The third kappa shape index (κ3) is 4.65. The normalized spacial score (nSPS) is 15.2. The van der Waals surface area contributed by atoms with Crippen LogP contribution in [0.25, 0.3) is 10.1 Å². The second-order valence-electron chi connectivity index (χ2n) is 7.96. The lowest BCUT2D eigenvalue weighted by Gasteiger charge is -2.22. The molecule has 6 nitrogen and oxygen atoms in total. The summed E-state index contributed by atoms with van der Waals surface area (Å²) in [5.74, 6) is -0.317. The van der Waals surface area contributed by atoms with Crippen molar-refractivity contribution in [3.63, 3.8) is 0 Å². The maximum absolute atomic E-state index is 13.2. The van der Waals surface area contributed by atoms with Crippen molar-refractivity contribution in [1.29, 1.82) is 0 Å². The van der Waals surface area contributed by atoms with Crippen LogP contribution < -0.4 is 4.74 Å². The molecule has 0 saturated heterocycles. The Kier molecular flexibility index (Phi) is 6.53. The van der Waals surface area contributed by atoms with Crippen molar-refractivity contribution in [2.45, 2.75) is 12.5 Å². The Morgan fingerprint density at radius 3 is 2.46 bits per heavy atom. The van der Waals surface area contributed by atoms with Crippen LogP contribution in [0.2, 0.25) is 5.02 Å². The van der Waals surface area contributed by atoms with E-state index in [2.05, 4.69) is 5.10 Å². The number of esters is 1. The summed E-state index contributed by atoms with van der Waals surface area (Å²) in [7, 11) is 1.61. The Bertz CT molecular complexity index is 1420. The minimum atomic E-state index is -0.628. The van der Waals surface area contributed by atoms with Crippen molar-refractivity contribution in [1.82, 2.24) is 5.01 Å². The number of thiophene rings is 1. The molecular weight excluding hydrogens is 484 g/mol. The van der Waals surface area contributed by atoms with E-state index in [0.29, 0.717) is 11.4 Å². The van der Waals surface area contributed by atoms with Gasteiger partial charge in [-0.05, 0) is 29.3 Å². The maximum atomic E-state index is 13.2. The first-order chi connectivity index (χ1) is 17.0. The maximum Gasteiger partial charge on any atom is 0.350 e. The molecule has 0 fully saturated rings. The highest BCUT2D eigenvalue weighted by molar-refractivity contribution is 7.21. The Balaban J connectivity index is 1.36. The van der Waals surface area contributed by atoms with Gasteiger partial charge in [-0.2, -0.15) is 5.10 Å². The molecule has 1 atom stereocenters. The monoisotopic (exact) mass is 504 g/mol. The van der Waals surface area contributed by atoms with Crippen molar-refractivity contribution in [2.75, 3.05) is 13.7 Å². The van der Waals surface area contributed by atoms with Crippen molar-refractivity contribution in [3.05, 3.63) is 99.9 Å². The van der Waals surface area contributed by atoms with Crippen LogP contribution in [0, 0.1) is 0 Å². The molecule has 176 valence electrons. The number of amides is 1. The van der Waals surface area contributed by atoms with E-state index in [-0.39, 0.29) is 10.9 Å². The molecule has 1 amide bonds. The fourth-order valence-electron chi connectivity index (χ4n) is 4.04. The van der Waals surface area contributed by atoms with Gasteiger partial charge in [0.1, 0.15) is 10.6 Å². The summed E-state index contributed by atoms with van der Waals surface area (Å²) < 4.78 is 11.5. The topological polar surface area (TPSA) is 68.2 Å². The van der Waals surface area contributed by atoms with E-state index >= 15 is 0 Å². The van der Waals surface area contributed by atoms with Gasteiger partial charge in [-0.25, -0.2) is 9.80 Å². The number of hydrogen-bond acceptors (Lipinski definition) is 6. The minimum Gasteiger partial charge on any atom is -0.497 e. The van der Waals surface area contributed by atoms with Gasteiger partial charge in [0.2, 0.25) is 0 Å². The summed E-state index contributed by atoms with van der Waals surface area (Å²) in [5.41, 5.74) is 2.64. The number of carbonyl (C=O) groups is 2. The van der Waals surface area contributed by atoms with Crippen LogP contribution >= 0.6 is 22.9 Å². The zero-order chi connectivity index (χ0) is 24.4. The fraction of sp³-hybridized carbons (Fsp3) is 0.148. The van der Waals surface area contributed by atoms with Crippen LogP contribution in [-0.2, 0) is 9.53 Å². The zero-order valence-corrected chi connectivity index (χ0v) is 20.4. The van der Waals surface area contributed by atoms with Gasteiger partial charge in [0, 0.05) is 16.5 Å². The molecule has 1 unspecified atom stereocenters. The second kappa shape index (κ2) is 9.90. The van der Waals surface area contributed by atoms with E-state index in [1.807, 2.05) is 78.9 Å². The molecule has 0 bridgehead atoms. The molecule has 0 aliphatic carbocycles. The Morgan fingerprint density at radius 1 is 1.03 bits per heavy atom. The lowest BCUT2D eigenvalue weighted by Crippen LogP contribution is -2.31. The predicted molar refractivity (Wildman–Crippen MR) is 137 cm³/mol. The van der Waals surface area contributed by atoms with Gasteiger partial charge in [0.25, 0.3) is 5.91 Å². The quantitative estimate of drug-likeness (QED) is 0.298. The van der Waals surface area contributed by atoms with Crippen LogP contribution in [0.4, 0.5) is 0 Å². The van der Waals surface area contributed by atoms with Gasteiger partial charge in [0.15, 0.2) is 6.61 Å². The zero-order valence-electron chi connectivity index (χ0n) is 18.8. The van der Waals surface area contributed by atoms with Gasteiger partial charge in [-0.3, -0.25) is 4.79 Å². The smallest absolute Gasteiger partial charge is 0.350 e. The number of halogens is 1. The van der Waals surface area contributed by atoms with Crippen molar-refractivity contribution >= 4 is 50.6 Å². The number of carbonyl (C=O) groups excluding carboxylic acids is 2. The minimum absolute atomic E-state index is 0.280. The van der Waals surface area contributed by atoms with Crippen LogP contribution in [0.1, 0.15) is 33.3 Å². The number of methoxy groups -OCH3 is 1. The van der Waals surface area contributed by atoms with E-state index in [9.17, 15) is 9.59 Å². The summed E-state index contributed by atoms with van der Waals surface area (Å²) >= 11 is 7.64. The van der Waals surface area contributed by atoms with Crippen LogP contribution in [0.15, 0.2) is 84.0 Å². The summed E-state index contributed by atoms with van der Waals surface area (Å²) in [6, 6.07) is 24.4. The third-order valence-electron chi connectivity index (χ3n) is 5.82. The predicted octanol–water partition coefficient (Wildman–Crippen LogP) is 6.10. The highest BCUT2D eigenvalue weighted by atomic mass is 35.5. The summed E-state index contributed by atoms with van der Waals surface area (Å²) in [6.07, 6.45) is 0.540. The summed E-state index contributed by atoms with van der Waals surface area (Å²) in [6.45, 7) is -0.443. The number of hydrogen-bond donors (Lipinski definition) is 0. The molecule has 5 rings (SSSR count). The number of ether oxygens (including phenoxy) is 2.